The molecule has 1 aromatic carbocycles. The van der Waals surface area contributed by atoms with Crippen molar-refractivity contribution in [3.05, 3.63) is 34.3 Å². The Kier molecular flexibility index (Phi) is 4.82. The third-order valence-electron chi connectivity index (χ3n) is 2.13. The van der Waals surface area contributed by atoms with Crippen LogP contribution in [0.25, 0.3) is 0 Å². The molecular weight excluding hydrogens is 254 g/mol. The summed E-state index contributed by atoms with van der Waals surface area (Å²) < 4.78 is 0.840. The van der Waals surface area contributed by atoms with E-state index in [9.17, 15) is 4.79 Å². The Labute approximate surface area is 99.2 Å². The first kappa shape index (κ1) is 12.2. The van der Waals surface area contributed by atoms with Crippen LogP contribution in [0.15, 0.2) is 28.7 Å². The molecule has 0 atom stereocenters. The Bertz CT molecular complexity index is 336. The summed E-state index contributed by atoms with van der Waals surface area (Å²) in [4.78, 5) is 11.7. The highest BCUT2D eigenvalue weighted by Gasteiger charge is 2.07. The van der Waals surface area contributed by atoms with Crippen molar-refractivity contribution >= 4 is 21.8 Å². The van der Waals surface area contributed by atoms with Gasteiger partial charge >= 0.3 is 0 Å². The lowest BCUT2D eigenvalue weighted by atomic mass is 10.1. The van der Waals surface area contributed by atoms with Gasteiger partial charge in [0, 0.05) is 11.0 Å². The molecule has 1 N–H and O–H groups in total. The second-order valence-corrected chi connectivity index (χ2v) is 4.77. The SMILES string of the molecule is CC(C)CCNC(=O)c1ccccc1Br. The number of carbonyl (C=O) groups is 1. The second-order valence-electron chi connectivity index (χ2n) is 3.92. The van der Waals surface area contributed by atoms with Crippen LogP contribution >= 0.6 is 15.9 Å². The molecule has 82 valence electrons. The molecule has 1 amide bonds. The molecular formula is C12H16BrNO. The molecule has 0 aromatic heterocycles. The lowest BCUT2D eigenvalue weighted by Gasteiger charge is -2.08. The first-order valence-corrected chi connectivity index (χ1v) is 5.93. The summed E-state index contributed by atoms with van der Waals surface area (Å²) in [7, 11) is 0. The molecule has 0 aliphatic carbocycles. The smallest absolute Gasteiger partial charge is 0.252 e. The van der Waals surface area contributed by atoms with Crippen LogP contribution in [-0.2, 0) is 0 Å². The summed E-state index contributed by atoms with van der Waals surface area (Å²) in [5.74, 6) is 0.604. The normalized spacial score (nSPS) is 10.4. The molecule has 1 rings (SSSR count). The van der Waals surface area contributed by atoms with E-state index in [0.29, 0.717) is 11.5 Å². The Morgan fingerprint density at radius 2 is 2.07 bits per heavy atom. The molecule has 0 spiro atoms. The van der Waals surface area contributed by atoms with Crippen LogP contribution in [0.2, 0.25) is 0 Å². The van der Waals surface area contributed by atoms with Crippen molar-refractivity contribution in [3.8, 4) is 0 Å². The van der Waals surface area contributed by atoms with Gasteiger partial charge in [-0.05, 0) is 40.4 Å². The summed E-state index contributed by atoms with van der Waals surface area (Å²) in [5.41, 5.74) is 0.696. The van der Waals surface area contributed by atoms with E-state index in [1.165, 1.54) is 0 Å². The maximum absolute atomic E-state index is 11.7. The molecule has 1 aromatic rings. The number of benzene rings is 1. The molecule has 0 saturated heterocycles. The minimum atomic E-state index is -0.0110. The molecule has 0 unspecified atom stereocenters. The van der Waals surface area contributed by atoms with Crippen LogP contribution in [-0.4, -0.2) is 12.5 Å². The van der Waals surface area contributed by atoms with Crippen molar-refractivity contribution in [2.75, 3.05) is 6.54 Å². The Hall–Kier alpha value is -0.830. The first-order valence-electron chi connectivity index (χ1n) is 5.14. The summed E-state index contributed by atoms with van der Waals surface area (Å²) >= 11 is 3.36. The van der Waals surface area contributed by atoms with Crippen molar-refractivity contribution < 1.29 is 4.79 Å². The van der Waals surface area contributed by atoms with Gasteiger partial charge in [0.1, 0.15) is 0 Å². The summed E-state index contributed by atoms with van der Waals surface area (Å²) in [6, 6.07) is 7.45. The van der Waals surface area contributed by atoms with E-state index < -0.39 is 0 Å². The average molecular weight is 270 g/mol. The van der Waals surface area contributed by atoms with Crippen LogP contribution in [0.1, 0.15) is 30.6 Å². The van der Waals surface area contributed by atoms with Crippen LogP contribution in [0.3, 0.4) is 0 Å². The molecule has 0 saturated carbocycles. The molecule has 3 heteroatoms. The van der Waals surface area contributed by atoms with Gasteiger partial charge in [-0.15, -0.1) is 0 Å². The van der Waals surface area contributed by atoms with Crippen molar-refractivity contribution in [3.63, 3.8) is 0 Å². The number of nitrogens with one attached hydrogen (secondary N) is 1. The number of halogens is 1. The van der Waals surface area contributed by atoms with Crippen LogP contribution in [0.5, 0.6) is 0 Å². The van der Waals surface area contributed by atoms with Crippen molar-refractivity contribution in [1.29, 1.82) is 0 Å². The zero-order valence-electron chi connectivity index (χ0n) is 9.09. The molecule has 15 heavy (non-hydrogen) atoms. The lowest BCUT2D eigenvalue weighted by molar-refractivity contribution is 0.0951. The summed E-state index contributed by atoms with van der Waals surface area (Å²) in [6.45, 7) is 5.02. The highest BCUT2D eigenvalue weighted by molar-refractivity contribution is 9.10. The van der Waals surface area contributed by atoms with Gasteiger partial charge < -0.3 is 5.32 Å². The van der Waals surface area contributed by atoms with Gasteiger partial charge in [0.25, 0.3) is 5.91 Å². The van der Waals surface area contributed by atoms with Gasteiger partial charge in [-0.1, -0.05) is 26.0 Å². The van der Waals surface area contributed by atoms with E-state index in [2.05, 4.69) is 35.1 Å². The van der Waals surface area contributed by atoms with Crippen molar-refractivity contribution in [2.24, 2.45) is 5.92 Å². The summed E-state index contributed by atoms with van der Waals surface area (Å²) in [6.07, 6.45) is 1.01. The van der Waals surface area contributed by atoms with Crippen LogP contribution in [0.4, 0.5) is 0 Å². The van der Waals surface area contributed by atoms with E-state index in [-0.39, 0.29) is 5.91 Å². The molecule has 0 aliphatic heterocycles. The second kappa shape index (κ2) is 5.91. The van der Waals surface area contributed by atoms with Crippen LogP contribution < -0.4 is 5.32 Å². The van der Waals surface area contributed by atoms with E-state index in [4.69, 9.17) is 0 Å². The van der Waals surface area contributed by atoms with E-state index in [0.717, 1.165) is 17.4 Å². The molecule has 2 nitrogen and oxygen atoms in total. The van der Waals surface area contributed by atoms with Gasteiger partial charge in [-0.2, -0.15) is 0 Å². The highest BCUT2D eigenvalue weighted by Crippen LogP contribution is 2.15. The fraction of sp³-hybridized carbons (Fsp3) is 0.417. The Balaban J connectivity index is 2.51. The number of hydrogen-bond donors (Lipinski definition) is 1. The molecule has 0 radical (unpaired) electrons. The fourth-order valence-corrected chi connectivity index (χ4v) is 1.68. The molecule has 0 aliphatic rings. The largest absolute Gasteiger partial charge is 0.352 e. The third kappa shape index (κ3) is 4.04. The van der Waals surface area contributed by atoms with Gasteiger partial charge in [-0.25, -0.2) is 0 Å². The zero-order valence-corrected chi connectivity index (χ0v) is 10.7. The quantitative estimate of drug-likeness (QED) is 0.894. The lowest BCUT2D eigenvalue weighted by Crippen LogP contribution is -2.25. The first-order chi connectivity index (χ1) is 7.11. The predicted molar refractivity (Wildman–Crippen MR) is 65.9 cm³/mol. The monoisotopic (exact) mass is 269 g/mol. The molecule has 0 bridgehead atoms. The zero-order chi connectivity index (χ0) is 11.3. The van der Waals surface area contributed by atoms with E-state index >= 15 is 0 Å². The van der Waals surface area contributed by atoms with E-state index in [1.54, 1.807) is 0 Å². The van der Waals surface area contributed by atoms with Crippen LogP contribution in [0, 0.1) is 5.92 Å². The average Bonchev–Trinajstić information content (AvgIpc) is 2.17. The standard InChI is InChI=1S/C12H16BrNO/c1-9(2)7-8-14-12(15)10-5-3-4-6-11(10)13/h3-6,9H,7-8H2,1-2H3,(H,14,15). The van der Waals surface area contributed by atoms with Gasteiger partial charge in [0.2, 0.25) is 0 Å². The minimum absolute atomic E-state index is 0.0110. The number of rotatable bonds is 4. The van der Waals surface area contributed by atoms with Gasteiger partial charge in [-0.3, -0.25) is 4.79 Å². The fourth-order valence-electron chi connectivity index (χ4n) is 1.21. The van der Waals surface area contributed by atoms with Gasteiger partial charge in [0.05, 0.1) is 5.56 Å². The van der Waals surface area contributed by atoms with Crippen molar-refractivity contribution in [2.45, 2.75) is 20.3 Å². The Morgan fingerprint density at radius 1 is 1.40 bits per heavy atom. The number of carbonyl (C=O) groups excluding carboxylic acids is 1. The molecule has 0 heterocycles. The number of hydrogen-bond acceptors (Lipinski definition) is 1. The highest BCUT2D eigenvalue weighted by atomic mass is 79.9. The minimum Gasteiger partial charge on any atom is -0.352 e. The van der Waals surface area contributed by atoms with E-state index in [1.807, 2.05) is 24.3 Å². The predicted octanol–water partition coefficient (Wildman–Crippen LogP) is 3.23. The maximum atomic E-state index is 11.7. The Morgan fingerprint density at radius 3 is 2.67 bits per heavy atom. The van der Waals surface area contributed by atoms with Crippen molar-refractivity contribution in [1.82, 2.24) is 5.32 Å². The topological polar surface area (TPSA) is 29.1 Å². The summed E-state index contributed by atoms with van der Waals surface area (Å²) in [5, 5.41) is 2.90. The number of amides is 1. The third-order valence-corrected chi connectivity index (χ3v) is 2.82. The maximum Gasteiger partial charge on any atom is 0.252 e. The van der Waals surface area contributed by atoms with Gasteiger partial charge in [0.15, 0.2) is 0 Å². The molecule has 0 fully saturated rings.